The molecular formula is C19H20ClN5O. The number of carbonyl (C=O) groups excluding carboxylic acids is 1. The van der Waals surface area contributed by atoms with Crippen molar-refractivity contribution in [2.24, 2.45) is 7.05 Å². The highest BCUT2D eigenvalue weighted by Crippen LogP contribution is 2.24. The standard InChI is InChI=1S/C19H20ClN5O/c1-25-17-8-3-2-7-14(17)22-18(25)11-21-19(26)16-10-15(23-24-16)12-5-4-6-13(20)9-12/h2-9,15-16,23-24H,10-11H2,1H3,(H,21,26). The highest BCUT2D eigenvalue weighted by molar-refractivity contribution is 6.30. The van der Waals surface area contributed by atoms with Crippen LogP contribution in [0.15, 0.2) is 48.5 Å². The van der Waals surface area contributed by atoms with E-state index in [0.29, 0.717) is 18.0 Å². The molecule has 3 aromatic rings. The minimum absolute atomic E-state index is 0.0471. The van der Waals surface area contributed by atoms with E-state index in [1.807, 2.05) is 60.1 Å². The lowest BCUT2D eigenvalue weighted by Crippen LogP contribution is -2.43. The molecule has 2 atom stereocenters. The SMILES string of the molecule is Cn1c(CNC(=O)C2CC(c3cccc(Cl)c3)NN2)nc2ccccc21. The average molecular weight is 370 g/mol. The van der Waals surface area contributed by atoms with Gasteiger partial charge in [0.25, 0.3) is 0 Å². The number of hydrazine groups is 1. The summed E-state index contributed by atoms with van der Waals surface area (Å²) in [6, 6.07) is 15.4. The number of carbonyl (C=O) groups is 1. The van der Waals surface area contributed by atoms with E-state index in [-0.39, 0.29) is 18.0 Å². The van der Waals surface area contributed by atoms with Crippen LogP contribution in [0.5, 0.6) is 0 Å². The number of benzene rings is 2. The van der Waals surface area contributed by atoms with Gasteiger partial charge in [-0.1, -0.05) is 35.9 Å². The molecule has 0 aliphatic carbocycles. The molecule has 1 aliphatic heterocycles. The number of rotatable bonds is 4. The highest BCUT2D eigenvalue weighted by atomic mass is 35.5. The van der Waals surface area contributed by atoms with Crippen molar-refractivity contribution < 1.29 is 4.79 Å². The van der Waals surface area contributed by atoms with Gasteiger partial charge in [0.15, 0.2) is 0 Å². The first-order valence-corrected chi connectivity index (χ1v) is 8.94. The summed E-state index contributed by atoms with van der Waals surface area (Å²) in [5.41, 5.74) is 9.29. The third kappa shape index (κ3) is 3.31. The number of amides is 1. The first kappa shape index (κ1) is 17.0. The second-order valence-electron chi connectivity index (χ2n) is 6.48. The number of fused-ring (bicyclic) bond motifs is 1. The third-order valence-electron chi connectivity index (χ3n) is 4.77. The molecule has 26 heavy (non-hydrogen) atoms. The monoisotopic (exact) mass is 369 g/mol. The number of hydrogen-bond acceptors (Lipinski definition) is 4. The van der Waals surface area contributed by atoms with Crippen molar-refractivity contribution in [1.29, 1.82) is 0 Å². The summed E-state index contributed by atoms with van der Waals surface area (Å²) < 4.78 is 2.00. The van der Waals surface area contributed by atoms with Crippen molar-refractivity contribution in [3.8, 4) is 0 Å². The number of aryl methyl sites for hydroxylation is 1. The fourth-order valence-corrected chi connectivity index (χ4v) is 3.51. The fraction of sp³-hybridized carbons (Fsp3) is 0.263. The molecule has 1 amide bonds. The number of para-hydroxylation sites is 2. The molecule has 1 fully saturated rings. The van der Waals surface area contributed by atoms with Crippen LogP contribution in [-0.2, 0) is 18.4 Å². The van der Waals surface area contributed by atoms with E-state index in [1.165, 1.54) is 0 Å². The number of imidazole rings is 1. The van der Waals surface area contributed by atoms with Crippen LogP contribution >= 0.6 is 11.6 Å². The van der Waals surface area contributed by atoms with Crippen LogP contribution in [0.25, 0.3) is 11.0 Å². The molecule has 1 aliphatic rings. The Labute approximate surface area is 156 Å². The molecule has 6 nitrogen and oxygen atoms in total. The summed E-state index contributed by atoms with van der Waals surface area (Å²) in [6.45, 7) is 0.393. The van der Waals surface area contributed by atoms with Crippen molar-refractivity contribution >= 4 is 28.5 Å². The number of nitrogens with one attached hydrogen (secondary N) is 3. The van der Waals surface area contributed by atoms with Gasteiger partial charge in [0, 0.05) is 18.1 Å². The molecular weight excluding hydrogens is 350 g/mol. The molecule has 0 spiro atoms. The first-order valence-electron chi connectivity index (χ1n) is 8.56. The highest BCUT2D eigenvalue weighted by Gasteiger charge is 2.30. The number of aromatic nitrogens is 2. The van der Waals surface area contributed by atoms with E-state index in [4.69, 9.17) is 11.6 Å². The van der Waals surface area contributed by atoms with Crippen LogP contribution in [-0.4, -0.2) is 21.5 Å². The molecule has 4 rings (SSSR count). The summed E-state index contributed by atoms with van der Waals surface area (Å²) >= 11 is 6.05. The Morgan fingerprint density at radius 2 is 2.12 bits per heavy atom. The Morgan fingerprint density at radius 3 is 2.92 bits per heavy atom. The van der Waals surface area contributed by atoms with Crippen molar-refractivity contribution in [2.75, 3.05) is 0 Å². The van der Waals surface area contributed by atoms with E-state index >= 15 is 0 Å². The van der Waals surface area contributed by atoms with Gasteiger partial charge < -0.3 is 9.88 Å². The normalized spacial score (nSPS) is 19.8. The van der Waals surface area contributed by atoms with Crippen molar-refractivity contribution in [1.82, 2.24) is 25.7 Å². The molecule has 2 unspecified atom stereocenters. The Kier molecular flexibility index (Phi) is 4.63. The van der Waals surface area contributed by atoms with Gasteiger partial charge in [-0.15, -0.1) is 0 Å². The van der Waals surface area contributed by atoms with Crippen molar-refractivity contribution in [3.05, 3.63) is 64.9 Å². The van der Waals surface area contributed by atoms with Crippen molar-refractivity contribution in [3.63, 3.8) is 0 Å². The zero-order valence-corrected chi connectivity index (χ0v) is 15.1. The molecule has 1 aromatic heterocycles. The summed E-state index contributed by atoms with van der Waals surface area (Å²) in [5.74, 6) is 0.783. The van der Waals surface area contributed by atoms with Gasteiger partial charge in [0.05, 0.1) is 17.6 Å². The summed E-state index contributed by atoms with van der Waals surface area (Å²) in [7, 11) is 1.96. The Bertz CT molecular complexity index is 954. The van der Waals surface area contributed by atoms with Gasteiger partial charge in [0.1, 0.15) is 11.9 Å². The fourth-order valence-electron chi connectivity index (χ4n) is 3.31. The maximum atomic E-state index is 12.5. The minimum Gasteiger partial charge on any atom is -0.347 e. The molecule has 3 N–H and O–H groups in total. The maximum Gasteiger partial charge on any atom is 0.238 e. The van der Waals surface area contributed by atoms with E-state index in [1.54, 1.807) is 0 Å². The Balaban J connectivity index is 1.38. The summed E-state index contributed by atoms with van der Waals surface area (Å²) in [6.07, 6.45) is 0.661. The van der Waals surface area contributed by atoms with E-state index < -0.39 is 0 Å². The lowest BCUT2D eigenvalue weighted by Gasteiger charge is -2.11. The van der Waals surface area contributed by atoms with E-state index in [2.05, 4.69) is 21.2 Å². The van der Waals surface area contributed by atoms with Crippen LogP contribution in [0.4, 0.5) is 0 Å². The predicted octanol–water partition coefficient (Wildman–Crippen LogP) is 2.45. The van der Waals surface area contributed by atoms with Gasteiger partial charge in [-0.2, -0.15) is 0 Å². The third-order valence-corrected chi connectivity index (χ3v) is 5.01. The summed E-state index contributed by atoms with van der Waals surface area (Å²) in [5, 5.41) is 3.67. The van der Waals surface area contributed by atoms with Crippen LogP contribution in [0.3, 0.4) is 0 Å². The average Bonchev–Trinajstić information content (AvgIpc) is 3.26. The molecule has 7 heteroatoms. The van der Waals surface area contributed by atoms with Gasteiger partial charge in [-0.3, -0.25) is 4.79 Å². The quantitative estimate of drug-likeness (QED) is 0.660. The molecule has 1 saturated heterocycles. The predicted molar refractivity (Wildman–Crippen MR) is 101 cm³/mol. The Morgan fingerprint density at radius 1 is 1.27 bits per heavy atom. The van der Waals surface area contributed by atoms with Gasteiger partial charge in [-0.25, -0.2) is 15.8 Å². The van der Waals surface area contributed by atoms with E-state index in [9.17, 15) is 4.79 Å². The molecule has 0 radical (unpaired) electrons. The largest absolute Gasteiger partial charge is 0.347 e. The Hall–Kier alpha value is -2.41. The zero-order chi connectivity index (χ0) is 18.1. The zero-order valence-electron chi connectivity index (χ0n) is 14.4. The maximum absolute atomic E-state index is 12.5. The topological polar surface area (TPSA) is 71.0 Å². The van der Waals surface area contributed by atoms with Crippen LogP contribution in [0.1, 0.15) is 23.9 Å². The van der Waals surface area contributed by atoms with Gasteiger partial charge in [-0.05, 0) is 36.2 Å². The molecule has 2 heterocycles. The number of hydrogen-bond donors (Lipinski definition) is 3. The number of nitrogens with zero attached hydrogens (tertiary/aromatic N) is 2. The second kappa shape index (κ2) is 7.07. The van der Waals surface area contributed by atoms with Crippen LogP contribution < -0.4 is 16.2 Å². The first-order chi connectivity index (χ1) is 12.6. The lowest BCUT2D eigenvalue weighted by atomic mass is 10.0. The molecule has 0 bridgehead atoms. The smallest absolute Gasteiger partial charge is 0.238 e. The minimum atomic E-state index is -0.298. The summed E-state index contributed by atoms with van der Waals surface area (Å²) in [4.78, 5) is 17.1. The molecule has 0 saturated carbocycles. The van der Waals surface area contributed by atoms with Gasteiger partial charge >= 0.3 is 0 Å². The van der Waals surface area contributed by atoms with Crippen LogP contribution in [0, 0.1) is 0 Å². The molecule has 134 valence electrons. The van der Waals surface area contributed by atoms with E-state index in [0.717, 1.165) is 22.4 Å². The van der Waals surface area contributed by atoms with Crippen LogP contribution in [0.2, 0.25) is 5.02 Å². The lowest BCUT2D eigenvalue weighted by molar-refractivity contribution is -0.123. The van der Waals surface area contributed by atoms with Crippen molar-refractivity contribution in [2.45, 2.75) is 25.0 Å². The second-order valence-corrected chi connectivity index (χ2v) is 6.91. The molecule has 2 aromatic carbocycles. The van der Waals surface area contributed by atoms with Gasteiger partial charge in [0.2, 0.25) is 5.91 Å². The number of halogens is 1.